The molecule has 0 aromatic carbocycles. The molecule has 0 saturated heterocycles. The molecular weight excluding hydrogens is 308 g/mol. The van der Waals surface area contributed by atoms with Crippen LogP contribution in [0.4, 0.5) is 0 Å². The van der Waals surface area contributed by atoms with E-state index < -0.39 is 28.0 Å². The average molecular weight is 322 g/mol. The van der Waals surface area contributed by atoms with E-state index in [0.29, 0.717) is 5.01 Å². The van der Waals surface area contributed by atoms with Gasteiger partial charge in [-0.05, 0) is 19.8 Å². The van der Waals surface area contributed by atoms with Crippen LogP contribution in [0, 0.1) is 6.92 Å². The fourth-order valence-electron chi connectivity index (χ4n) is 1.40. The van der Waals surface area contributed by atoms with E-state index in [2.05, 4.69) is 4.98 Å². The quantitative estimate of drug-likeness (QED) is 0.632. The second-order valence-corrected chi connectivity index (χ2v) is 7.17. The van der Waals surface area contributed by atoms with Gasteiger partial charge < -0.3 is 10.2 Å². The number of hydrogen-bond acceptors (Lipinski definition) is 6. The van der Waals surface area contributed by atoms with Crippen LogP contribution in [-0.4, -0.2) is 41.6 Å². The minimum absolute atomic E-state index is 0.0660. The lowest BCUT2D eigenvalue weighted by atomic mass is 10.1. The van der Waals surface area contributed by atoms with Gasteiger partial charge in [0.25, 0.3) is 10.0 Å². The van der Waals surface area contributed by atoms with Crippen molar-refractivity contribution in [2.75, 3.05) is 0 Å². The van der Waals surface area contributed by atoms with Gasteiger partial charge >= 0.3 is 11.9 Å². The van der Waals surface area contributed by atoms with E-state index in [1.807, 2.05) is 4.72 Å². The number of carbonyl (C=O) groups is 2. The number of aromatic nitrogens is 1. The molecule has 0 unspecified atom stereocenters. The monoisotopic (exact) mass is 322 g/mol. The number of aryl methyl sites for hydroxylation is 1. The van der Waals surface area contributed by atoms with Crippen molar-refractivity contribution in [3.63, 3.8) is 0 Å². The van der Waals surface area contributed by atoms with Gasteiger partial charge in [0.2, 0.25) is 0 Å². The zero-order chi connectivity index (χ0) is 15.3. The Balaban J connectivity index is 2.74. The van der Waals surface area contributed by atoms with Crippen molar-refractivity contribution in [3.8, 4) is 0 Å². The Labute approximate surface area is 119 Å². The first-order valence-corrected chi connectivity index (χ1v) is 7.91. The molecule has 0 aliphatic carbocycles. The first-order chi connectivity index (χ1) is 9.22. The number of nitrogens with zero attached hydrogens (tertiary/aromatic N) is 1. The highest BCUT2D eigenvalue weighted by Crippen LogP contribution is 2.18. The van der Waals surface area contributed by atoms with E-state index in [9.17, 15) is 18.0 Å². The lowest BCUT2D eigenvalue weighted by Gasteiger charge is -2.13. The number of thiazole rings is 1. The molecule has 8 nitrogen and oxygen atoms in total. The largest absolute Gasteiger partial charge is 0.481 e. The molecule has 1 atom stereocenters. The number of carboxylic acids is 2. The summed E-state index contributed by atoms with van der Waals surface area (Å²) in [7, 11) is -3.96. The zero-order valence-electron chi connectivity index (χ0n) is 10.6. The van der Waals surface area contributed by atoms with Crippen LogP contribution in [0.25, 0.3) is 0 Å². The molecule has 10 heteroatoms. The molecule has 0 radical (unpaired) electrons. The van der Waals surface area contributed by atoms with Gasteiger partial charge in [-0.25, -0.2) is 13.4 Å². The molecule has 1 heterocycles. The summed E-state index contributed by atoms with van der Waals surface area (Å²) in [5, 5.41) is 18.0. The van der Waals surface area contributed by atoms with Gasteiger partial charge in [0.1, 0.15) is 6.04 Å². The average Bonchev–Trinajstić information content (AvgIpc) is 2.74. The van der Waals surface area contributed by atoms with Crippen LogP contribution in [0.5, 0.6) is 0 Å². The molecular formula is C10H14N2O6S2. The van der Waals surface area contributed by atoms with E-state index >= 15 is 0 Å². The smallest absolute Gasteiger partial charge is 0.321 e. The highest BCUT2D eigenvalue weighted by Gasteiger charge is 2.26. The maximum atomic E-state index is 11.9. The van der Waals surface area contributed by atoms with Gasteiger partial charge in [0.15, 0.2) is 4.21 Å². The molecule has 0 saturated carbocycles. The molecule has 112 valence electrons. The van der Waals surface area contributed by atoms with E-state index in [1.54, 1.807) is 6.92 Å². The fourth-order valence-corrected chi connectivity index (χ4v) is 3.75. The highest BCUT2D eigenvalue weighted by molar-refractivity contribution is 7.91. The maximum Gasteiger partial charge on any atom is 0.321 e. The first-order valence-electron chi connectivity index (χ1n) is 5.61. The maximum absolute atomic E-state index is 11.9. The summed E-state index contributed by atoms with van der Waals surface area (Å²) in [6.45, 7) is 1.63. The SMILES string of the molecule is Cc1ncc(S(=O)(=O)N[C@H](CCCC(=O)O)C(=O)O)s1. The summed E-state index contributed by atoms with van der Waals surface area (Å²) in [6.07, 6.45) is 0.902. The summed E-state index contributed by atoms with van der Waals surface area (Å²) in [5.74, 6) is -2.41. The van der Waals surface area contributed by atoms with Gasteiger partial charge in [-0.3, -0.25) is 9.59 Å². The normalized spacial score (nSPS) is 13.1. The van der Waals surface area contributed by atoms with Gasteiger partial charge in [-0.15, -0.1) is 11.3 Å². The summed E-state index contributed by atoms with van der Waals surface area (Å²) >= 11 is 0.928. The number of carboxylic acid groups (broad SMARTS) is 2. The van der Waals surface area contributed by atoms with E-state index in [4.69, 9.17) is 10.2 Å². The molecule has 1 aromatic rings. The van der Waals surface area contributed by atoms with Gasteiger partial charge in [0, 0.05) is 6.42 Å². The Kier molecular flexibility index (Phi) is 5.60. The first kappa shape index (κ1) is 16.5. The van der Waals surface area contributed by atoms with Crippen LogP contribution in [0.1, 0.15) is 24.3 Å². The lowest BCUT2D eigenvalue weighted by Crippen LogP contribution is -2.40. The summed E-state index contributed by atoms with van der Waals surface area (Å²) in [4.78, 5) is 25.2. The van der Waals surface area contributed by atoms with Crippen molar-refractivity contribution < 1.29 is 28.2 Å². The van der Waals surface area contributed by atoms with Crippen LogP contribution in [-0.2, 0) is 19.6 Å². The predicted octanol–water partition coefficient (Wildman–Crippen LogP) is 0.438. The van der Waals surface area contributed by atoms with Crippen molar-refractivity contribution in [1.29, 1.82) is 0 Å². The Bertz CT molecular complexity index is 595. The van der Waals surface area contributed by atoms with Crippen LogP contribution < -0.4 is 4.72 Å². The molecule has 20 heavy (non-hydrogen) atoms. The molecule has 0 spiro atoms. The minimum Gasteiger partial charge on any atom is -0.481 e. The third-order valence-corrected chi connectivity index (χ3v) is 5.19. The van der Waals surface area contributed by atoms with Crippen LogP contribution in [0.15, 0.2) is 10.4 Å². The van der Waals surface area contributed by atoms with Crippen molar-refractivity contribution in [3.05, 3.63) is 11.2 Å². The molecule has 0 aliphatic rings. The third-order valence-electron chi connectivity index (χ3n) is 2.34. The summed E-state index contributed by atoms with van der Waals surface area (Å²) in [5.41, 5.74) is 0. The second kappa shape index (κ2) is 6.77. The van der Waals surface area contributed by atoms with Crippen LogP contribution in [0.2, 0.25) is 0 Å². The molecule has 0 bridgehead atoms. The van der Waals surface area contributed by atoms with E-state index in [-0.39, 0.29) is 23.5 Å². The number of aliphatic carboxylic acids is 2. The molecule has 0 fully saturated rings. The highest BCUT2D eigenvalue weighted by atomic mass is 32.2. The van der Waals surface area contributed by atoms with E-state index in [0.717, 1.165) is 17.5 Å². The topological polar surface area (TPSA) is 134 Å². The number of sulfonamides is 1. The number of rotatable bonds is 8. The molecule has 0 amide bonds. The summed E-state index contributed by atoms with van der Waals surface area (Å²) < 4.78 is 25.9. The van der Waals surface area contributed by atoms with Gasteiger partial charge in [0.05, 0.1) is 11.2 Å². The predicted molar refractivity (Wildman–Crippen MR) is 70.1 cm³/mol. The minimum atomic E-state index is -3.96. The Morgan fingerprint density at radius 1 is 1.45 bits per heavy atom. The van der Waals surface area contributed by atoms with Crippen molar-refractivity contribution in [1.82, 2.24) is 9.71 Å². The van der Waals surface area contributed by atoms with Crippen LogP contribution >= 0.6 is 11.3 Å². The zero-order valence-corrected chi connectivity index (χ0v) is 12.2. The van der Waals surface area contributed by atoms with Crippen molar-refractivity contribution in [2.45, 2.75) is 36.4 Å². The Morgan fingerprint density at radius 2 is 2.10 bits per heavy atom. The molecule has 1 aromatic heterocycles. The van der Waals surface area contributed by atoms with E-state index in [1.165, 1.54) is 0 Å². The standard InChI is InChI=1S/C10H14N2O6S2/c1-6-11-5-9(19-6)20(17,18)12-7(10(15)16)3-2-4-8(13)14/h5,7,12H,2-4H2,1H3,(H,13,14)(H,15,16)/t7-/m1/s1. The lowest BCUT2D eigenvalue weighted by molar-refractivity contribution is -0.140. The van der Waals surface area contributed by atoms with Crippen molar-refractivity contribution in [2.24, 2.45) is 0 Å². The Morgan fingerprint density at radius 3 is 2.55 bits per heavy atom. The second-order valence-electron chi connectivity index (χ2n) is 4.00. The van der Waals surface area contributed by atoms with Crippen molar-refractivity contribution >= 4 is 33.3 Å². The van der Waals surface area contributed by atoms with Gasteiger partial charge in [-0.1, -0.05) is 0 Å². The van der Waals surface area contributed by atoms with Gasteiger partial charge in [-0.2, -0.15) is 4.72 Å². The van der Waals surface area contributed by atoms with Crippen LogP contribution in [0.3, 0.4) is 0 Å². The molecule has 3 N–H and O–H groups in total. The Hall–Kier alpha value is -1.52. The summed E-state index contributed by atoms with van der Waals surface area (Å²) in [6, 6.07) is -1.36. The third kappa shape index (κ3) is 4.87. The number of hydrogen-bond donors (Lipinski definition) is 3. The number of nitrogens with one attached hydrogen (secondary N) is 1. The molecule has 1 rings (SSSR count). The molecule has 0 aliphatic heterocycles. The fraction of sp³-hybridized carbons (Fsp3) is 0.500.